The maximum absolute atomic E-state index is 13.6. The number of carbonyl (C=O) groups is 1. The summed E-state index contributed by atoms with van der Waals surface area (Å²) in [5, 5.41) is -1.14. The SMILES string of the molecule is CC(C)(C)N1C(=O)C(=NCCCOc2ccccc2F)C(c2ccccc2)S1(=O)=O. The van der Waals surface area contributed by atoms with E-state index in [1.54, 1.807) is 63.2 Å². The monoisotopic (exact) mass is 432 g/mol. The molecule has 1 unspecified atom stereocenters. The van der Waals surface area contributed by atoms with Gasteiger partial charge in [-0.2, -0.15) is 0 Å². The van der Waals surface area contributed by atoms with Crippen LogP contribution in [0, 0.1) is 5.82 Å². The highest BCUT2D eigenvalue weighted by molar-refractivity contribution is 7.91. The summed E-state index contributed by atoms with van der Waals surface area (Å²) in [6, 6.07) is 14.7. The van der Waals surface area contributed by atoms with Gasteiger partial charge in [0.2, 0.25) is 0 Å². The van der Waals surface area contributed by atoms with Crippen LogP contribution in [0.15, 0.2) is 59.6 Å². The van der Waals surface area contributed by atoms with Gasteiger partial charge >= 0.3 is 0 Å². The van der Waals surface area contributed by atoms with E-state index in [2.05, 4.69) is 4.99 Å². The average Bonchev–Trinajstić information content (AvgIpc) is 2.88. The van der Waals surface area contributed by atoms with E-state index in [9.17, 15) is 17.6 Å². The van der Waals surface area contributed by atoms with Crippen LogP contribution >= 0.6 is 0 Å². The summed E-state index contributed by atoms with van der Waals surface area (Å²) in [5.74, 6) is -0.914. The number of benzene rings is 2. The zero-order valence-corrected chi connectivity index (χ0v) is 18.0. The van der Waals surface area contributed by atoms with E-state index in [1.165, 1.54) is 12.1 Å². The predicted molar refractivity (Wildman–Crippen MR) is 114 cm³/mol. The molecule has 1 atom stereocenters. The normalized spacial score (nSPS) is 20.0. The number of hydrogen-bond acceptors (Lipinski definition) is 5. The number of amides is 1. The van der Waals surface area contributed by atoms with Gasteiger partial charge in [-0.05, 0) is 38.5 Å². The molecule has 1 amide bonds. The number of ether oxygens (including phenoxy) is 1. The first-order valence-electron chi connectivity index (χ1n) is 9.69. The average molecular weight is 433 g/mol. The number of hydrogen-bond donors (Lipinski definition) is 0. The summed E-state index contributed by atoms with van der Waals surface area (Å²) in [6.45, 7) is 5.41. The van der Waals surface area contributed by atoms with E-state index in [4.69, 9.17) is 4.74 Å². The maximum atomic E-state index is 13.6. The van der Waals surface area contributed by atoms with Crippen LogP contribution in [0.5, 0.6) is 5.75 Å². The minimum atomic E-state index is -3.96. The molecule has 8 heteroatoms. The fraction of sp³-hybridized carbons (Fsp3) is 0.364. The van der Waals surface area contributed by atoms with Crippen molar-refractivity contribution in [2.24, 2.45) is 4.99 Å². The van der Waals surface area contributed by atoms with E-state index >= 15 is 0 Å². The molecule has 6 nitrogen and oxygen atoms in total. The van der Waals surface area contributed by atoms with Crippen LogP contribution in [0.3, 0.4) is 0 Å². The van der Waals surface area contributed by atoms with Gasteiger partial charge in [-0.3, -0.25) is 9.79 Å². The predicted octanol–water partition coefficient (Wildman–Crippen LogP) is 3.75. The second-order valence-corrected chi connectivity index (χ2v) is 9.84. The highest BCUT2D eigenvalue weighted by Gasteiger charge is 2.54. The van der Waals surface area contributed by atoms with Gasteiger partial charge in [-0.1, -0.05) is 42.5 Å². The van der Waals surface area contributed by atoms with Crippen molar-refractivity contribution in [3.63, 3.8) is 0 Å². The van der Waals surface area contributed by atoms with Crippen molar-refractivity contribution in [3.8, 4) is 5.75 Å². The quantitative estimate of drug-likeness (QED) is 0.652. The van der Waals surface area contributed by atoms with Crippen molar-refractivity contribution in [2.75, 3.05) is 13.2 Å². The topological polar surface area (TPSA) is 76.0 Å². The lowest BCUT2D eigenvalue weighted by Gasteiger charge is -2.30. The Hall–Kier alpha value is -2.74. The first-order chi connectivity index (χ1) is 14.1. The second kappa shape index (κ2) is 8.55. The summed E-state index contributed by atoms with van der Waals surface area (Å²) in [4.78, 5) is 17.4. The van der Waals surface area contributed by atoms with E-state index in [0.29, 0.717) is 12.0 Å². The van der Waals surface area contributed by atoms with Crippen molar-refractivity contribution in [1.29, 1.82) is 0 Å². The van der Waals surface area contributed by atoms with Crippen molar-refractivity contribution in [2.45, 2.75) is 38.0 Å². The lowest BCUT2D eigenvalue weighted by molar-refractivity contribution is -0.122. The van der Waals surface area contributed by atoms with Gasteiger partial charge in [0.15, 0.2) is 16.8 Å². The van der Waals surface area contributed by atoms with E-state index in [1.807, 2.05) is 0 Å². The van der Waals surface area contributed by atoms with E-state index < -0.39 is 32.5 Å². The van der Waals surface area contributed by atoms with Crippen molar-refractivity contribution in [1.82, 2.24) is 4.31 Å². The zero-order valence-electron chi connectivity index (χ0n) is 17.2. The molecule has 0 aliphatic carbocycles. The molecule has 0 spiro atoms. The summed E-state index contributed by atoms with van der Waals surface area (Å²) in [5.41, 5.74) is -0.408. The Morgan fingerprint density at radius 3 is 2.33 bits per heavy atom. The number of rotatable bonds is 6. The van der Waals surface area contributed by atoms with Crippen LogP contribution < -0.4 is 4.74 Å². The first-order valence-corrected chi connectivity index (χ1v) is 11.2. The van der Waals surface area contributed by atoms with Crippen LogP contribution in [0.25, 0.3) is 0 Å². The third kappa shape index (κ3) is 4.38. The lowest BCUT2D eigenvalue weighted by atomic mass is 10.1. The molecule has 2 aromatic carbocycles. The summed E-state index contributed by atoms with van der Waals surface area (Å²) in [6.07, 6.45) is 0.405. The highest BCUT2D eigenvalue weighted by Crippen LogP contribution is 2.38. The third-order valence-corrected chi connectivity index (χ3v) is 6.91. The molecule has 0 saturated carbocycles. The van der Waals surface area contributed by atoms with Gasteiger partial charge < -0.3 is 4.74 Å². The molecule has 3 rings (SSSR count). The molecule has 1 aliphatic rings. The van der Waals surface area contributed by atoms with E-state index in [0.717, 1.165) is 4.31 Å². The minimum absolute atomic E-state index is 0.00187. The van der Waals surface area contributed by atoms with Gasteiger partial charge in [0, 0.05) is 13.0 Å². The van der Waals surface area contributed by atoms with Crippen LogP contribution in [0.4, 0.5) is 4.39 Å². The number of aliphatic imine (C=N–C) groups is 1. The Labute approximate surface area is 176 Å². The summed E-state index contributed by atoms with van der Waals surface area (Å²) < 4.78 is 46.4. The molecular formula is C22H25FN2O4S. The molecule has 1 fully saturated rings. The standard InChI is InChI=1S/C22H25FN2O4S/c1-22(2,3)25-21(26)19(20(30(25,27)28)16-10-5-4-6-11-16)24-14-9-15-29-18-13-8-7-12-17(18)23/h4-8,10-13,20H,9,14-15H2,1-3H3. The smallest absolute Gasteiger partial charge is 0.283 e. The first kappa shape index (κ1) is 22.0. The Morgan fingerprint density at radius 2 is 1.70 bits per heavy atom. The highest BCUT2D eigenvalue weighted by atomic mass is 32.2. The Balaban J connectivity index is 1.81. The Kier molecular flexibility index (Phi) is 6.26. The maximum Gasteiger partial charge on any atom is 0.283 e. The molecule has 0 N–H and O–H groups in total. The fourth-order valence-electron chi connectivity index (χ4n) is 3.38. The largest absolute Gasteiger partial charge is 0.490 e. The van der Waals surface area contributed by atoms with Gasteiger partial charge in [0.1, 0.15) is 5.71 Å². The molecule has 1 heterocycles. The van der Waals surface area contributed by atoms with Crippen LogP contribution in [-0.2, 0) is 14.8 Å². The molecule has 0 aromatic heterocycles. The van der Waals surface area contributed by atoms with Crippen molar-refractivity contribution < 1.29 is 22.3 Å². The summed E-state index contributed by atoms with van der Waals surface area (Å²) in [7, 11) is -3.96. The molecule has 30 heavy (non-hydrogen) atoms. The molecule has 0 bridgehead atoms. The molecule has 1 saturated heterocycles. The number of carbonyl (C=O) groups excluding carboxylic acids is 1. The molecular weight excluding hydrogens is 407 g/mol. The minimum Gasteiger partial charge on any atom is -0.490 e. The summed E-state index contributed by atoms with van der Waals surface area (Å²) >= 11 is 0. The number of halogens is 1. The van der Waals surface area contributed by atoms with Crippen molar-refractivity contribution in [3.05, 3.63) is 66.0 Å². The number of nitrogens with zero attached hydrogens (tertiary/aromatic N) is 2. The van der Waals surface area contributed by atoms with Gasteiger partial charge in [-0.15, -0.1) is 0 Å². The van der Waals surface area contributed by atoms with Crippen LogP contribution in [-0.4, -0.2) is 43.0 Å². The number of sulfonamides is 1. The lowest BCUT2D eigenvalue weighted by Crippen LogP contribution is -2.45. The Bertz CT molecular complexity index is 1050. The van der Waals surface area contributed by atoms with E-state index in [-0.39, 0.29) is 24.6 Å². The number of para-hydroxylation sites is 1. The fourth-order valence-corrected chi connectivity index (χ4v) is 5.64. The van der Waals surface area contributed by atoms with Gasteiger partial charge in [0.25, 0.3) is 15.9 Å². The van der Waals surface area contributed by atoms with Crippen molar-refractivity contribution >= 4 is 21.6 Å². The second-order valence-electron chi connectivity index (χ2n) is 7.98. The van der Waals surface area contributed by atoms with Crippen LogP contribution in [0.2, 0.25) is 0 Å². The van der Waals surface area contributed by atoms with Gasteiger partial charge in [-0.25, -0.2) is 17.1 Å². The molecule has 0 radical (unpaired) electrons. The zero-order chi connectivity index (χ0) is 21.9. The molecule has 2 aromatic rings. The third-order valence-electron chi connectivity index (χ3n) is 4.59. The van der Waals surface area contributed by atoms with Gasteiger partial charge in [0.05, 0.1) is 12.1 Å². The molecule has 1 aliphatic heterocycles. The molecule has 160 valence electrons. The Morgan fingerprint density at radius 1 is 1.07 bits per heavy atom. The van der Waals surface area contributed by atoms with Crippen LogP contribution in [0.1, 0.15) is 38.0 Å².